The van der Waals surface area contributed by atoms with Gasteiger partial charge in [0.15, 0.2) is 0 Å². The summed E-state index contributed by atoms with van der Waals surface area (Å²) in [6.45, 7) is -0.177. The highest BCUT2D eigenvalue weighted by molar-refractivity contribution is 9.10. The molecule has 4 N–H and O–H groups in total. The van der Waals surface area contributed by atoms with Crippen LogP contribution in [-0.2, 0) is 0 Å². The molecular formula is C8H11BrClNO2. The molecule has 0 aromatic heterocycles. The minimum absolute atomic E-state index is 0. The predicted octanol–water partition coefficient (Wildman–Crippen LogP) is 1.57. The van der Waals surface area contributed by atoms with Crippen molar-refractivity contribution in [2.24, 2.45) is 5.73 Å². The lowest BCUT2D eigenvalue weighted by molar-refractivity contribution is 0.265. The van der Waals surface area contributed by atoms with Crippen molar-refractivity contribution >= 4 is 28.3 Å². The van der Waals surface area contributed by atoms with Gasteiger partial charge in [-0.1, -0.05) is 12.1 Å². The van der Waals surface area contributed by atoms with Gasteiger partial charge < -0.3 is 15.9 Å². The summed E-state index contributed by atoms with van der Waals surface area (Å²) in [4.78, 5) is 0. The zero-order valence-electron chi connectivity index (χ0n) is 6.77. The molecular weight excluding hydrogens is 257 g/mol. The number of nitrogens with two attached hydrogens (primary N) is 1. The van der Waals surface area contributed by atoms with Gasteiger partial charge in [-0.15, -0.1) is 12.4 Å². The lowest BCUT2D eigenvalue weighted by Crippen LogP contribution is -2.14. The van der Waals surface area contributed by atoms with E-state index in [4.69, 9.17) is 10.8 Å². The normalized spacial score (nSPS) is 11.9. The van der Waals surface area contributed by atoms with E-state index >= 15 is 0 Å². The van der Waals surface area contributed by atoms with Crippen molar-refractivity contribution in [2.45, 2.75) is 6.04 Å². The van der Waals surface area contributed by atoms with Crippen molar-refractivity contribution in [3.8, 4) is 5.75 Å². The van der Waals surface area contributed by atoms with Crippen LogP contribution >= 0.6 is 28.3 Å². The highest BCUT2D eigenvalue weighted by Crippen LogP contribution is 2.30. The third kappa shape index (κ3) is 2.84. The first-order chi connectivity index (χ1) is 5.66. The first-order valence-corrected chi connectivity index (χ1v) is 4.30. The molecule has 0 fully saturated rings. The van der Waals surface area contributed by atoms with Gasteiger partial charge in [0.2, 0.25) is 0 Å². The Kier molecular flexibility index (Phi) is 5.32. The zero-order valence-corrected chi connectivity index (χ0v) is 9.18. The van der Waals surface area contributed by atoms with Gasteiger partial charge >= 0.3 is 0 Å². The Morgan fingerprint density at radius 2 is 2.08 bits per heavy atom. The maximum Gasteiger partial charge on any atom is 0.134 e. The molecule has 0 aliphatic rings. The average Bonchev–Trinajstić information content (AvgIpc) is 2.08. The molecule has 3 nitrogen and oxygen atoms in total. The lowest BCUT2D eigenvalue weighted by Gasteiger charge is -2.10. The monoisotopic (exact) mass is 267 g/mol. The first-order valence-electron chi connectivity index (χ1n) is 3.50. The number of halogens is 2. The third-order valence-electron chi connectivity index (χ3n) is 1.61. The van der Waals surface area contributed by atoms with Crippen LogP contribution in [0.15, 0.2) is 22.7 Å². The minimum atomic E-state index is -0.525. The molecule has 0 aliphatic carbocycles. The molecule has 1 aromatic carbocycles. The van der Waals surface area contributed by atoms with E-state index in [0.717, 1.165) is 0 Å². The van der Waals surface area contributed by atoms with Gasteiger partial charge in [0, 0.05) is 5.56 Å². The Bertz CT molecular complexity index is 283. The van der Waals surface area contributed by atoms with E-state index in [-0.39, 0.29) is 24.8 Å². The van der Waals surface area contributed by atoms with Crippen molar-refractivity contribution in [3.05, 3.63) is 28.2 Å². The van der Waals surface area contributed by atoms with Gasteiger partial charge in [0.1, 0.15) is 5.75 Å². The van der Waals surface area contributed by atoms with Crippen molar-refractivity contribution in [1.82, 2.24) is 0 Å². The summed E-state index contributed by atoms with van der Waals surface area (Å²) in [6.07, 6.45) is 0. The second-order valence-electron chi connectivity index (χ2n) is 2.47. The number of aliphatic hydroxyl groups excluding tert-OH is 1. The van der Waals surface area contributed by atoms with E-state index in [1.54, 1.807) is 18.2 Å². The van der Waals surface area contributed by atoms with E-state index in [1.165, 1.54) is 0 Å². The van der Waals surface area contributed by atoms with Gasteiger partial charge in [-0.05, 0) is 22.0 Å². The molecule has 74 valence electrons. The third-order valence-corrected chi connectivity index (χ3v) is 2.25. The molecule has 1 atom stereocenters. The molecule has 1 rings (SSSR count). The van der Waals surface area contributed by atoms with Crippen LogP contribution in [0.5, 0.6) is 5.75 Å². The van der Waals surface area contributed by atoms with Crippen molar-refractivity contribution in [3.63, 3.8) is 0 Å². The molecule has 5 heteroatoms. The van der Waals surface area contributed by atoms with Crippen LogP contribution in [0.3, 0.4) is 0 Å². The van der Waals surface area contributed by atoms with Crippen molar-refractivity contribution in [2.75, 3.05) is 6.61 Å². The summed E-state index contributed by atoms with van der Waals surface area (Å²) >= 11 is 3.16. The van der Waals surface area contributed by atoms with E-state index in [9.17, 15) is 5.11 Å². The molecule has 0 heterocycles. The fourth-order valence-corrected chi connectivity index (χ4v) is 1.31. The van der Waals surface area contributed by atoms with Crippen LogP contribution in [0.2, 0.25) is 0 Å². The van der Waals surface area contributed by atoms with E-state index in [1.807, 2.05) is 0 Å². The van der Waals surface area contributed by atoms with Gasteiger partial charge in [-0.3, -0.25) is 0 Å². The summed E-state index contributed by atoms with van der Waals surface area (Å²) in [5.74, 6) is 0.0963. The molecule has 0 amide bonds. The average molecular weight is 269 g/mol. The largest absolute Gasteiger partial charge is 0.506 e. The number of hydrogen-bond acceptors (Lipinski definition) is 3. The molecule has 0 aliphatic heterocycles. The molecule has 0 saturated carbocycles. The number of para-hydroxylation sites is 1. The SMILES string of the molecule is Cl.N[C@@H](CO)c1cccc(Br)c1O. The summed E-state index contributed by atoms with van der Waals surface area (Å²) < 4.78 is 0.587. The second-order valence-corrected chi connectivity index (χ2v) is 3.32. The highest BCUT2D eigenvalue weighted by Gasteiger charge is 2.10. The van der Waals surface area contributed by atoms with Crippen molar-refractivity contribution in [1.29, 1.82) is 0 Å². The number of benzene rings is 1. The fraction of sp³-hybridized carbons (Fsp3) is 0.250. The topological polar surface area (TPSA) is 66.5 Å². The fourth-order valence-electron chi connectivity index (χ4n) is 0.930. The molecule has 0 bridgehead atoms. The maximum atomic E-state index is 9.46. The van der Waals surface area contributed by atoms with Crippen molar-refractivity contribution < 1.29 is 10.2 Å². The summed E-state index contributed by atoms with van der Waals surface area (Å²) in [6, 6.07) is 4.63. The number of phenols is 1. The van der Waals surface area contributed by atoms with E-state index < -0.39 is 6.04 Å². The zero-order chi connectivity index (χ0) is 9.14. The molecule has 13 heavy (non-hydrogen) atoms. The van der Waals surface area contributed by atoms with Crippen LogP contribution in [0.1, 0.15) is 11.6 Å². The summed E-state index contributed by atoms with van der Waals surface area (Å²) in [7, 11) is 0. The Balaban J connectivity index is 0.00000144. The number of aliphatic hydroxyl groups is 1. The second kappa shape index (κ2) is 5.44. The van der Waals surface area contributed by atoms with Gasteiger partial charge in [-0.25, -0.2) is 0 Å². The minimum Gasteiger partial charge on any atom is -0.506 e. The summed E-state index contributed by atoms with van der Waals surface area (Å²) in [5.41, 5.74) is 6.08. The number of phenolic OH excluding ortho intramolecular Hbond substituents is 1. The highest BCUT2D eigenvalue weighted by atomic mass is 79.9. The van der Waals surface area contributed by atoms with Gasteiger partial charge in [0.25, 0.3) is 0 Å². The van der Waals surface area contributed by atoms with Crippen LogP contribution in [0.25, 0.3) is 0 Å². The molecule has 0 spiro atoms. The predicted molar refractivity (Wildman–Crippen MR) is 57.1 cm³/mol. The Labute approximate surface area is 91.1 Å². The molecule has 1 aromatic rings. The van der Waals surface area contributed by atoms with Gasteiger partial charge in [-0.2, -0.15) is 0 Å². The van der Waals surface area contributed by atoms with Crippen LogP contribution < -0.4 is 5.73 Å². The standard InChI is InChI=1S/C8H10BrNO2.ClH/c9-6-3-1-2-5(8(6)12)7(10)4-11;/h1-3,7,11-12H,4,10H2;1H/t7-;/m0./s1. The Morgan fingerprint density at radius 1 is 1.46 bits per heavy atom. The smallest absolute Gasteiger partial charge is 0.134 e. The lowest BCUT2D eigenvalue weighted by atomic mass is 10.1. The number of aromatic hydroxyl groups is 1. The Hall–Kier alpha value is -0.290. The van der Waals surface area contributed by atoms with E-state index in [2.05, 4.69) is 15.9 Å². The van der Waals surface area contributed by atoms with E-state index in [0.29, 0.717) is 10.0 Å². The quantitative estimate of drug-likeness (QED) is 0.763. The van der Waals surface area contributed by atoms with Gasteiger partial charge in [0.05, 0.1) is 17.1 Å². The molecule has 0 saturated heterocycles. The molecule has 0 unspecified atom stereocenters. The summed E-state index contributed by atoms with van der Waals surface area (Å²) in [5, 5.41) is 18.2. The van der Waals surface area contributed by atoms with Crippen LogP contribution in [-0.4, -0.2) is 16.8 Å². The maximum absolute atomic E-state index is 9.46. The molecule has 0 radical (unpaired) electrons. The van der Waals surface area contributed by atoms with Crippen LogP contribution in [0, 0.1) is 0 Å². The van der Waals surface area contributed by atoms with Crippen LogP contribution in [0.4, 0.5) is 0 Å². The number of rotatable bonds is 2. The number of hydrogen-bond donors (Lipinski definition) is 3. The first kappa shape index (κ1) is 12.7. The Morgan fingerprint density at radius 3 is 2.62 bits per heavy atom.